The number of ether oxygens (including phenoxy) is 2. The highest BCUT2D eigenvalue weighted by molar-refractivity contribution is 7.91. The van der Waals surface area contributed by atoms with Gasteiger partial charge >= 0.3 is 6.61 Å². The molecule has 1 saturated heterocycles. The summed E-state index contributed by atoms with van der Waals surface area (Å²) in [6, 6.07) is 6.97. The van der Waals surface area contributed by atoms with E-state index in [2.05, 4.69) is 9.46 Å². The Morgan fingerprint density at radius 1 is 1.24 bits per heavy atom. The van der Waals surface area contributed by atoms with Crippen LogP contribution in [0.4, 0.5) is 8.78 Å². The van der Waals surface area contributed by atoms with Crippen molar-refractivity contribution in [1.82, 2.24) is 9.62 Å². The van der Waals surface area contributed by atoms with Gasteiger partial charge in [-0.2, -0.15) is 8.78 Å². The molecule has 2 aromatic rings. The summed E-state index contributed by atoms with van der Waals surface area (Å²) in [7, 11) is -2.26. The van der Waals surface area contributed by atoms with Crippen LogP contribution in [-0.4, -0.2) is 52.1 Å². The molecule has 29 heavy (non-hydrogen) atoms. The number of piperidine rings is 1. The number of likely N-dealkylation sites (tertiary alicyclic amines) is 1. The molecule has 0 spiro atoms. The molecule has 1 aliphatic heterocycles. The van der Waals surface area contributed by atoms with Crippen LogP contribution in [0.2, 0.25) is 0 Å². The van der Waals surface area contributed by atoms with Gasteiger partial charge in [-0.25, -0.2) is 13.1 Å². The fraction of sp³-hybridized carbons (Fsp3) is 0.389. The zero-order valence-corrected chi connectivity index (χ0v) is 17.1. The minimum absolute atomic E-state index is 0.0368. The zero-order chi connectivity index (χ0) is 21.0. The summed E-state index contributed by atoms with van der Waals surface area (Å²) in [5.74, 6) is -0.401. The second-order valence-electron chi connectivity index (χ2n) is 6.36. The van der Waals surface area contributed by atoms with E-state index in [0.29, 0.717) is 25.9 Å². The van der Waals surface area contributed by atoms with Crippen LogP contribution in [0, 0.1) is 0 Å². The number of halogens is 2. The average molecular weight is 446 g/mol. The van der Waals surface area contributed by atoms with Crippen LogP contribution in [0.5, 0.6) is 11.5 Å². The van der Waals surface area contributed by atoms with Crippen molar-refractivity contribution in [2.24, 2.45) is 0 Å². The summed E-state index contributed by atoms with van der Waals surface area (Å²) in [6.45, 7) is -2.26. The zero-order valence-electron chi connectivity index (χ0n) is 15.5. The first-order chi connectivity index (χ1) is 13.8. The van der Waals surface area contributed by atoms with Crippen LogP contribution in [-0.2, 0) is 10.0 Å². The standard InChI is InChI=1S/C18H20F2N2O5S2/c1-26-15-11-12(4-5-14(15)27-18(19)20)17(23)22-8-6-13(7-9-22)21-29(24,25)16-3-2-10-28-16/h2-5,10-11,13,18,21H,6-9H2,1H3. The van der Waals surface area contributed by atoms with Crippen molar-refractivity contribution >= 4 is 27.3 Å². The van der Waals surface area contributed by atoms with Crippen LogP contribution in [0.25, 0.3) is 0 Å². The van der Waals surface area contributed by atoms with Gasteiger partial charge in [0, 0.05) is 24.7 Å². The van der Waals surface area contributed by atoms with Crippen molar-refractivity contribution in [2.75, 3.05) is 20.2 Å². The van der Waals surface area contributed by atoms with Crippen molar-refractivity contribution in [3.63, 3.8) is 0 Å². The number of hydrogen-bond donors (Lipinski definition) is 1. The number of thiophene rings is 1. The second kappa shape index (κ2) is 9.06. The molecular formula is C18H20F2N2O5S2. The number of nitrogens with zero attached hydrogens (tertiary/aromatic N) is 1. The number of amides is 1. The Morgan fingerprint density at radius 3 is 2.55 bits per heavy atom. The molecule has 7 nitrogen and oxygen atoms in total. The van der Waals surface area contributed by atoms with E-state index in [1.54, 1.807) is 22.4 Å². The lowest BCUT2D eigenvalue weighted by molar-refractivity contribution is -0.0512. The van der Waals surface area contributed by atoms with Gasteiger partial charge in [-0.05, 0) is 42.5 Å². The molecule has 0 bridgehead atoms. The monoisotopic (exact) mass is 446 g/mol. The third-order valence-electron chi connectivity index (χ3n) is 4.49. The van der Waals surface area contributed by atoms with Crippen LogP contribution in [0.15, 0.2) is 39.9 Å². The maximum absolute atomic E-state index is 12.7. The lowest BCUT2D eigenvalue weighted by Crippen LogP contribution is -2.46. The third-order valence-corrected chi connectivity index (χ3v) is 7.41. The highest BCUT2D eigenvalue weighted by Gasteiger charge is 2.28. The minimum Gasteiger partial charge on any atom is -0.493 e. The molecule has 1 aromatic carbocycles. The van der Waals surface area contributed by atoms with Gasteiger partial charge in [-0.15, -0.1) is 11.3 Å². The predicted molar refractivity (Wildman–Crippen MR) is 103 cm³/mol. The Bertz CT molecular complexity index is 943. The van der Waals surface area contributed by atoms with Gasteiger partial charge < -0.3 is 14.4 Å². The molecule has 2 heterocycles. The van der Waals surface area contributed by atoms with E-state index < -0.39 is 16.6 Å². The quantitative estimate of drug-likeness (QED) is 0.707. The van der Waals surface area contributed by atoms with E-state index in [1.165, 1.54) is 25.3 Å². The topological polar surface area (TPSA) is 84.9 Å². The summed E-state index contributed by atoms with van der Waals surface area (Å²) in [4.78, 5) is 14.3. The first-order valence-electron chi connectivity index (χ1n) is 8.78. The van der Waals surface area contributed by atoms with Crippen molar-refractivity contribution in [2.45, 2.75) is 29.7 Å². The molecule has 0 aliphatic carbocycles. The highest BCUT2D eigenvalue weighted by Crippen LogP contribution is 2.30. The number of hydrogen-bond acceptors (Lipinski definition) is 6. The smallest absolute Gasteiger partial charge is 0.387 e. The van der Waals surface area contributed by atoms with Gasteiger partial charge in [0.1, 0.15) is 4.21 Å². The molecule has 0 unspecified atom stereocenters. The summed E-state index contributed by atoms with van der Waals surface area (Å²) < 4.78 is 61.8. The number of nitrogens with one attached hydrogen (secondary N) is 1. The van der Waals surface area contributed by atoms with E-state index >= 15 is 0 Å². The Hall–Kier alpha value is -2.24. The van der Waals surface area contributed by atoms with Crippen LogP contribution >= 0.6 is 11.3 Å². The van der Waals surface area contributed by atoms with E-state index in [0.717, 1.165) is 11.3 Å². The number of alkyl halides is 2. The van der Waals surface area contributed by atoms with Gasteiger partial charge in [0.25, 0.3) is 5.91 Å². The molecule has 11 heteroatoms. The Kier molecular flexibility index (Phi) is 6.70. The average Bonchev–Trinajstić information content (AvgIpc) is 3.23. The molecule has 158 valence electrons. The first kappa shape index (κ1) is 21.5. The Balaban J connectivity index is 1.61. The molecule has 0 atom stereocenters. The number of sulfonamides is 1. The number of rotatable bonds is 7. The normalized spacial score (nSPS) is 15.5. The molecule has 3 rings (SSSR count). The molecule has 0 saturated carbocycles. The summed E-state index contributed by atoms with van der Waals surface area (Å²) in [5.41, 5.74) is 0.279. The molecule has 0 radical (unpaired) electrons. The predicted octanol–water partition coefficient (Wildman–Crippen LogP) is 2.94. The fourth-order valence-corrected chi connectivity index (χ4v) is 5.39. The molecule has 1 N–H and O–H groups in total. The lowest BCUT2D eigenvalue weighted by atomic mass is 10.0. The Morgan fingerprint density at radius 2 is 1.97 bits per heavy atom. The lowest BCUT2D eigenvalue weighted by Gasteiger charge is -2.32. The van der Waals surface area contributed by atoms with Crippen molar-refractivity contribution < 1.29 is 31.5 Å². The number of carbonyl (C=O) groups is 1. The van der Waals surface area contributed by atoms with E-state index in [1.807, 2.05) is 0 Å². The van der Waals surface area contributed by atoms with Crippen LogP contribution < -0.4 is 14.2 Å². The van der Waals surface area contributed by atoms with Gasteiger partial charge in [0.05, 0.1) is 7.11 Å². The summed E-state index contributed by atoms with van der Waals surface area (Å²) in [5, 5.41) is 1.70. The summed E-state index contributed by atoms with van der Waals surface area (Å²) in [6.07, 6.45) is 0.945. The van der Waals surface area contributed by atoms with Gasteiger partial charge in [0.15, 0.2) is 11.5 Å². The third kappa shape index (κ3) is 5.22. The van der Waals surface area contributed by atoms with Crippen molar-refractivity contribution in [3.05, 3.63) is 41.3 Å². The maximum Gasteiger partial charge on any atom is 0.387 e. The number of methoxy groups -OCH3 is 1. The SMILES string of the molecule is COc1cc(C(=O)N2CCC(NS(=O)(=O)c3cccs3)CC2)ccc1OC(F)F. The maximum atomic E-state index is 12.7. The highest BCUT2D eigenvalue weighted by atomic mass is 32.2. The van der Waals surface area contributed by atoms with E-state index in [4.69, 9.17) is 4.74 Å². The largest absolute Gasteiger partial charge is 0.493 e. The number of carbonyl (C=O) groups excluding carboxylic acids is 1. The Labute approximate surface area is 171 Å². The van der Waals surface area contributed by atoms with Crippen LogP contribution in [0.3, 0.4) is 0 Å². The minimum atomic E-state index is -3.56. The molecule has 1 aliphatic rings. The molecule has 1 amide bonds. The van der Waals surface area contributed by atoms with Crippen molar-refractivity contribution in [3.8, 4) is 11.5 Å². The second-order valence-corrected chi connectivity index (χ2v) is 9.25. The van der Waals surface area contributed by atoms with Gasteiger partial charge in [-0.1, -0.05) is 6.07 Å². The fourth-order valence-electron chi connectivity index (χ4n) is 3.07. The molecular weight excluding hydrogens is 426 g/mol. The van der Waals surface area contributed by atoms with Crippen molar-refractivity contribution in [1.29, 1.82) is 0 Å². The van der Waals surface area contributed by atoms with Gasteiger partial charge in [-0.3, -0.25) is 4.79 Å². The summed E-state index contributed by atoms with van der Waals surface area (Å²) >= 11 is 1.15. The van der Waals surface area contributed by atoms with E-state index in [9.17, 15) is 22.0 Å². The molecule has 1 fully saturated rings. The number of benzene rings is 1. The van der Waals surface area contributed by atoms with Crippen LogP contribution in [0.1, 0.15) is 23.2 Å². The first-order valence-corrected chi connectivity index (χ1v) is 11.1. The van der Waals surface area contributed by atoms with Gasteiger partial charge in [0.2, 0.25) is 10.0 Å². The molecule has 1 aromatic heterocycles. The van der Waals surface area contributed by atoms with E-state index in [-0.39, 0.29) is 33.2 Å².